The maximum atomic E-state index is 12.1. The van der Waals surface area contributed by atoms with E-state index in [1.54, 1.807) is 30.3 Å². The summed E-state index contributed by atoms with van der Waals surface area (Å²) in [6.07, 6.45) is -1.32. The number of halogens is 3. The van der Waals surface area contributed by atoms with Crippen LogP contribution in [0.4, 0.5) is 10.5 Å². The summed E-state index contributed by atoms with van der Waals surface area (Å²) in [5, 5.41) is 5.00. The Bertz CT molecular complexity index is 751. The number of para-hydroxylation sites is 1. The number of benzene rings is 2. The van der Waals surface area contributed by atoms with Crippen LogP contribution in [-0.2, 0) is 0 Å². The van der Waals surface area contributed by atoms with Crippen molar-refractivity contribution in [1.29, 1.82) is 0 Å². The van der Waals surface area contributed by atoms with Crippen LogP contribution in [0, 0.1) is 0 Å². The molecule has 0 spiro atoms. The Balaban J connectivity index is 2.10. The molecular formula is C16H14Cl3N3O3. The van der Waals surface area contributed by atoms with Crippen molar-refractivity contribution in [2.75, 3.05) is 5.32 Å². The molecule has 4 N–H and O–H groups in total. The second-order valence-corrected chi connectivity index (χ2v) is 7.27. The Morgan fingerprint density at radius 3 is 2.32 bits per heavy atom. The molecule has 132 valence electrons. The Labute approximate surface area is 159 Å². The van der Waals surface area contributed by atoms with Gasteiger partial charge in [0.2, 0.25) is 15.9 Å². The summed E-state index contributed by atoms with van der Waals surface area (Å²) in [6, 6.07) is 14.1. The molecule has 9 heteroatoms. The smallest absolute Gasteiger partial charge is 0.322 e. The summed E-state index contributed by atoms with van der Waals surface area (Å²) in [6.45, 7) is 0. The van der Waals surface area contributed by atoms with Gasteiger partial charge in [0.1, 0.15) is 5.75 Å². The van der Waals surface area contributed by atoms with Crippen molar-refractivity contribution in [3.8, 4) is 5.75 Å². The molecule has 0 aliphatic heterocycles. The van der Waals surface area contributed by atoms with Crippen LogP contribution < -0.4 is 21.1 Å². The monoisotopic (exact) mass is 401 g/mol. The number of nitrogens with one attached hydrogen (secondary N) is 2. The molecule has 1 unspecified atom stereocenters. The number of ether oxygens (including phenoxy) is 1. The topological polar surface area (TPSA) is 93.5 Å². The van der Waals surface area contributed by atoms with Gasteiger partial charge in [-0.25, -0.2) is 4.79 Å². The third kappa shape index (κ3) is 6.01. The van der Waals surface area contributed by atoms with Gasteiger partial charge in [-0.05, 0) is 30.3 Å². The van der Waals surface area contributed by atoms with Gasteiger partial charge in [-0.2, -0.15) is 0 Å². The number of hydrogen-bond donors (Lipinski definition) is 3. The molecule has 0 aromatic heterocycles. The number of anilines is 1. The summed E-state index contributed by atoms with van der Waals surface area (Å²) < 4.78 is 3.54. The molecule has 0 saturated heterocycles. The highest BCUT2D eigenvalue weighted by Crippen LogP contribution is 2.32. The number of rotatable bonds is 5. The molecule has 0 aliphatic carbocycles. The molecule has 2 aromatic carbocycles. The third-order valence-electron chi connectivity index (χ3n) is 2.96. The Kier molecular flexibility index (Phi) is 6.36. The zero-order chi connectivity index (χ0) is 18.4. The lowest BCUT2D eigenvalue weighted by Crippen LogP contribution is -2.49. The number of carbonyl (C=O) groups excluding carboxylic acids is 2. The summed E-state index contributed by atoms with van der Waals surface area (Å²) in [7, 11) is 0. The second-order valence-electron chi connectivity index (χ2n) is 4.90. The van der Waals surface area contributed by atoms with E-state index in [4.69, 9.17) is 45.3 Å². The van der Waals surface area contributed by atoms with Gasteiger partial charge < -0.3 is 15.8 Å². The highest BCUT2D eigenvalue weighted by atomic mass is 35.6. The first kappa shape index (κ1) is 19.2. The molecular weight excluding hydrogens is 389 g/mol. The Morgan fingerprint density at radius 2 is 1.72 bits per heavy atom. The van der Waals surface area contributed by atoms with E-state index in [9.17, 15) is 9.59 Å². The minimum atomic E-state index is -1.96. The number of alkyl halides is 3. The molecule has 0 radical (unpaired) electrons. The van der Waals surface area contributed by atoms with Crippen LogP contribution in [0.3, 0.4) is 0 Å². The third-order valence-corrected chi connectivity index (χ3v) is 3.56. The van der Waals surface area contributed by atoms with Crippen molar-refractivity contribution in [2.45, 2.75) is 10.0 Å². The van der Waals surface area contributed by atoms with Crippen LogP contribution in [0.25, 0.3) is 0 Å². The maximum absolute atomic E-state index is 12.1. The van der Waals surface area contributed by atoms with Crippen molar-refractivity contribution in [3.05, 3.63) is 60.2 Å². The van der Waals surface area contributed by atoms with Crippen LogP contribution in [0.2, 0.25) is 0 Å². The lowest BCUT2D eigenvalue weighted by molar-refractivity contribution is 0.0999. The van der Waals surface area contributed by atoms with E-state index in [2.05, 4.69) is 10.6 Å². The van der Waals surface area contributed by atoms with E-state index in [-0.39, 0.29) is 11.3 Å². The van der Waals surface area contributed by atoms with Gasteiger partial charge in [-0.1, -0.05) is 59.1 Å². The molecule has 0 saturated carbocycles. The maximum Gasteiger partial charge on any atom is 0.322 e. The van der Waals surface area contributed by atoms with E-state index >= 15 is 0 Å². The summed E-state index contributed by atoms with van der Waals surface area (Å²) >= 11 is 17.6. The van der Waals surface area contributed by atoms with Gasteiger partial charge in [0.15, 0.2) is 0 Å². The van der Waals surface area contributed by atoms with Crippen LogP contribution in [0.5, 0.6) is 5.75 Å². The molecule has 1 atom stereocenters. The van der Waals surface area contributed by atoms with Crippen LogP contribution >= 0.6 is 34.8 Å². The number of primary amides is 1. The van der Waals surface area contributed by atoms with Crippen molar-refractivity contribution in [1.82, 2.24) is 5.32 Å². The zero-order valence-corrected chi connectivity index (χ0v) is 15.0. The van der Waals surface area contributed by atoms with Crippen LogP contribution in [0.15, 0.2) is 54.6 Å². The first-order chi connectivity index (χ1) is 11.8. The highest BCUT2D eigenvalue weighted by Gasteiger charge is 2.36. The highest BCUT2D eigenvalue weighted by molar-refractivity contribution is 6.68. The molecule has 0 bridgehead atoms. The average molecular weight is 403 g/mol. The van der Waals surface area contributed by atoms with E-state index in [0.717, 1.165) is 0 Å². The van der Waals surface area contributed by atoms with E-state index in [0.29, 0.717) is 5.69 Å². The molecule has 0 aliphatic rings. The standard InChI is InChI=1S/C16H14Cl3N3O3/c17-16(18,19)14(22-15(24)21-11-6-2-1-3-7-11)25-12-8-4-5-10(9-12)13(20)23/h1-9,14H,(H2,20,23)(H2,21,22,24). The lowest BCUT2D eigenvalue weighted by atomic mass is 10.2. The number of urea groups is 1. The second kappa shape index (κ2) is 8.29. The number of hydrogen-bond acceptors (Lipinski definition) is 3. The SMILES string of the molecule is NC(=O)c1cccc(OC(NC(=O)Nc2ccccc2)C(Cl)(Cl)Cl)c1. The van der Waals surface area contributed by atoms with E-state index in [1.165, 1.54) is 18.2 Å². The average Bonchev–Trinajstić information content (AvgIpc) is 2.54. The van der Waals surface area contributed by atoms with Crippen molar-refractivity contribution in [2.24, 2.45) is 5.73 Å². The summed E-state index contributed by atoms with van der Waals surface area (Å²) in [4.78, 5) is 23.3. The number of carbonyl (C=O) groups is 2. The molecule has 6 nitrogen and oxygen atoms in total. The molecule has 25 heavy (non-hydrogen) atoms. The predicted molar refractivity (Wildman–Crippen MR) is 98.3 cm³/mol. The fourth-order valence-electron chi connectivity index (χ4n) is 1.84. The predicted octanol–water partition coefficient (Wildman–Crippen LogP) is 3.68. The van der Waals surface area contributed by atoms with Crippen LogP contribution in [0.1, 0.15) is 10.4 Å². The van der Waals surface area contributed by atoms with Crippen molar-refractivity contribution in [3.63, 3.8) is 0 Å². The minimum Gasteiger partial charge on any atom is -0.466 e. The minimum absolute atomic E-state index is 0.202. The molecule has 3 amide bonds. The molecule has 2 aromatic rings. The van der Waals surface area contributed by atoms with Gasteiger partial charge in [0, 0.05) is 11.3 Å². The summed E-state index contributed by atoms with van der Waals surface area (Å²) in [5.41, 5.74) is 5.98. The van der Waals surface area contributed by atoms with Gasteiger partial charge in [-0.15, -0.1) is 0 Å². The van der Waals surface area contributed by atoms with Crippen molar-refractivity contribution >= 4 is 52.4 Å². The largest absolute Gasteiger partial charge is 0.466 e. The Hall–Kier alpha value is -2.15. The van der Waals surface area contributed by atoms with Gasteiger partial charge >= 0.3 is 6.03 Å². The first-order valence-electron chi connectivity index (χ1n) is 7.01. The number of nitrogens with two attached hydrogens (primary N) is 1. The fourth-order valence-corrected chi connectivity index (χ4v) is 2.14. The fraction of sp³-hybridized carbons (Fsp3) is 0.125. The molecule has 2 rings (SSSR count). The van der Waals surface area contributed by atoms with Gasteiger partial charge in [-0.3, -0.25) is 10.1 Å². The lowest BCUT2D eigenvalue weighted by Gasteiger charge is -2.26. The first-order valence-corrected chi connectivity index (χ1v) is 8.15. The quantitative estimate of drug-likeness (QED) is 0.526. The van der Waals surface area contributed by atoms with E-state index < -0.39 is 22.0 Å². The van der Waals surface area contributed by atoms with Crippen molar-refractivity contribution < 1.29 is 14.3 Å². The van der Waals surface area contributed by atoms with Gasteiger partial charge in [0.05, 0.1) is 0 Å². The molecule has 0 fully saturated rings. The van der Waals surface area contributed by atoms with Gasteiger partial charge in [0.25, 0.3) is 0 Å². The normalized spacial score (nSPS) is 12.1. The number of amides is 3. The zero-order valence-electron chi connectivity index (χ0n) is 12.7. The Morgan fingerprint density at radius 1 is 1.04 bits per heavy atom. The van der Waals surface area contributed by atoms with E-state index in [1.807, 2.05) is 6.07 Å². The van der Waals surface area contributed by atoms with Crippen LogP contribution in [-0.4, -0.2) is 22.0 Å². The molecule has 0 heterocycles. The summed E-state index contributed by atoms with van der Waals surface area (Å²) in [5.74, 6) is -0.432.